The Morgan fingerprint density at radius 1 is 1.22 bits per heavy atom. The molecule has 1 atom stereocenters. The van der Waals surface area contributed by atoms with E-state index in [2.05, 4.69) is 35.7 Å². The molecule has 2 heterocycles. The minimum Gasteiger partial charge on any atom is -0.298 e. The Morgan fingerprint density at radius 3 is 2.65 bits per heavy atom. The molecule has 1 aliphatic heterocycles. The summed E-state index contributed by atoms with van der Waals surface area (Å²) in [6.07, 6.45) is 4.49. The molecule has 1 unspecified atom stereocenters. The molecule has 0 aliphatic carbocycles. The standard InChI is InChI=1S/C18H16N2O2S/c1-18(2)7-8-23(22)16-5-3-13(9-15(16)18)4-6-17-19-10-14(12-21)11-20-17/h3,5,9-12H,7-8H2,1-2H3. The first-order valence-corrected chi connectivity index (χ1v) is 8.64. The lowest BCUT2D eigenvalue weighted by Gasteiger charge is -2.31. The fourth-order valence-electron chi connectivity index (χ4n) is 2.52. The third-order valence-electron chi connectivity index (χ3n) is 3.99. The molecule has 0 bridgehead atoms. The van der Waals surface area contributed by atoms with E-state index in [-0.39, 0.29) is 5.41 Å². The van der Waals surface area contributed by atoms with Crippen LogP contribution in [-0.2, 0) is 16.2 Å². The lowest BCUT2D eigenvalue weighted by Crippen LogP contribution is -2.27. The van der Waals surface area contributed by atoms with Gasteiger partial charge < -0.3 is 0 Å². The van der Waals surface area contributed by atoms with E-state index in [0.717, 1.165) is 22.4 Å². The van der Waals surface area contributed by atoms with Crippen LogP contribution in [-0.4, -0.2) is 26.2 Å². The van der Waals surface area contributed by atoms with Gasteiger partial charge in [-0.25, -0.2) is 9.97 Å². The second-order valence-corrected chi connectivity index (χ2v) is 7.64. The van der Waals surface area contributed by atoms with E-state index in [1.165, 1.54) is 12.4 Å². The minimum atomic E-state index is -0.920. The van der Waals surface area contributed by atoms with Crippen molar-refractivity contribution in [1.29, 1.82) is 0 Å². The first-order valence-electron chi connectivity index (χ1n) is 7.32. The Bertz CT molecular complexity index is 846. The van der Waals surface area contributed by atoms with Gasteiger partial charge in [-0.1, -0.05) is 19.8 Å². The quantitative estimate of drug-likeness (QED) is 0.597. The van der Waals surface area contributed by atoms with E-state index in [0.29, 0.717) is 23.4 Å². The smallest absolute Gasteiger partial charge is 0.205 e. The first-order chi connectivity index (χ1) is 11.0. The number of aromatic nitrogens is 2. The number of hydrogen-bond acceptors (Lipinski definition) is 4. The average molecular weight is 324 g/mol. The lowest BCUT2D eigenvalue weighted by atomic mass is 9.81. The maximum absolute atomic E-state index is 12.2. The van der Waals surface area contributed by atoms with Crippen LogP contribution in [0.2, 0.25) is 0 Å². The van der Waals surface area contributed by atoms with Gasteiger partial charge in [-0.05, 0) is 41.5 Å². The summed E-state index contributed by atoms with van der Waals surface area (Å²) in [5, 5.41) is 0. The number of nitrogens with zero attached hydrogens (tertiary/aromatic N) is 2. The number of fused-ring (bicyclic) bond motifs is 1. The van der Waals surface area contributed by atoms with Gasteiger partial charge in [0, 0.05) is 28.6 Å². The third kappa shape index (κ3) is 3.22. The second kappa shape index (κ2) is 6.05. The maximum atomic E-state index is 12.2. The van der Waals surface area contributed by atoms with Gasteiger partial charge >= 0.3 is 0 Å². The SMILES string of the molecule is CC1(C)CCS(=O)c2ccc(C#Cc3ncc(C=O)cn3)cc21. The molecule has 116 valence electrons. The van der Waals surface area contributed by atoms with Crippen molar-refractivity contribution in [3.05, 3.63) is 53.1 Å². The molecule has 0 saturated heterocycles. The van der Waals surface area contributed by atoms with Gasteiger partial charge in [0.05, 0.1) is 16.4 Å². The molecule has 1 aromatic heterocycles. The summed E-state index contributed by atoms with van der Waals surface area (Å²) in [5.74, 6) is 7.01. The molecule has 3 rings (SSSR count). The number of carbonyl (C=O) groups excluding carboxylic acids is 1. The van der Waals surface area contributed by atoms with E-state index in [1.54, 1.807) is 0 Å². The molecule has 4 nitrogen and oxygen atoms in total. The number of benzene rings is 1. The summed E-state index contributed by atoms with van der Waals surface area (Å²) in [6.45, 7) is 4.33. The van der Waals surface area contributed by atoms with E-state index in [1.807, 2.05) is 18.2 Å². The van der Waals surface area contributed by atoms with Gasteiger partial charge in [0.25, 0.3) is 0 Å². The molecule has 2 aromatic rings. The van der Waals surface area contributed by atoms with Crippen LogP contribution in [0, 0.1) is 11.8 Å². The van der Waals surface area contributed by atoms with Crippen LogP contribution in [0.25, 0.3) is 0 Å². The predicted octanol–water partition coefficient (Wildman–Crippen LogP) is 2.48. The maximum Gasteiger partial charge on any atom is 0.205 e. The van der Waals surface area contributed by atoms with Gasteiger partial charge in [0.15, 0.2) is 6.29 Å². The van der Waals surface area contributed by atoms with Crippen LogP contribution in [0.5, 0.6) is 0 Å². The molecule has 5 heteroatoms. The molecular weight excluding hydrogens is 308 g/mol. The molecule has 0 fully saturated rings. The van der Waals surface area contributed by atoms with Crippen molar-refractivity contribution in [3.63, 3.8) is 0 Å². The van der Waals surface area contributed by atoms with E-state index in [4.69, 9.17) is 0 Å². The Morgan fingerprint density at radius 2 is 1.96 bits per heavy atom. The first kappa shape index (κ1) is 15.6. The van der Waals surface area contributed by atoms with E-state index in [9.17, 15) is 9.00 Å². The molecular formula is C18H16N2O2S. The van der Waals surface area contributed by atoms with Gasteiger partial charge in [-0.2, -0.15) is 0 Å². The lowest BCUT2D eigenvalue weighted by molar-refractivity contribution is 0.112. The molecule has 0 radical (unpaired) electrons. The molecule has 1 aliphatic rings. The highest BCUT2D eigenvalue weighted by atomic mass is 32.2. The van der Waals surface area contributed by atoms with Crippen molar-refractivity contribution in [1.82, 2.24) is 9.97 Å². The summed E-state index contributed by atoms with van der Waals surface area (Å²) < 4.78 is 12.2. The largest absolute Gasteiger partial charge is 0.298 e. The van der Waals surface area contributed by atoms with Crippen molar-refractivity contribution in [2.75, 3.05) is 5.75 Å². The van der Waals surface area contributed by atoms with Crippen molar-refractivity contribution < 1.29 is 9.00 Å². The van der Waals surface area contributed by atoms with Crippen molar-refractivity contribution in [2.24, 2.45) is 0 Å². The Labute approximate surface area is 137 Å². The zero-order valence-electron chi connectivity index (χ0n) is 13.0. The Balaban J connectivity index is 1.95. The number of carbonyl (C=O) groups is 1. The highest BCUT2D eigenvalue weighted by molar-refractivity contribution is 7.85. The molecule has 0 spiro atoms. The highest BCUT2D eigenvalue weighted by Crippen LogP contribution is 2.37. The summed E-state index contributed by atoms with van der Waals surface area (Å²) >= 11 is 0. The summed E-state index contributed by atoms with van der Waals surface area (Å²) in [5.41, 5.74) is 2.38. The van der Waals surface area contributed by atoms with Crippen LogP contribution < -0.4 is 0 Å². The number of hydrogen-bond donors (Lipinski definition) is 0. The predicted molar refractivity (Wildman–Crippen MR) is 88.8 cm³/mol. The molecule has 23 heavy (non-hydrogen) atoms. The summed E-state index contributed by atoms with van der Waals surface area (Å²) in [4.78, 5) is 19.6. The van der Waals surface area contributed by atoms with E-state index >= 15 is 0 Å². The zero-order valence-corrected chi connectivity index (χ0v) is 13.8. The monoisotopic (exact) mass is 324 g/mol. The fraction of sp³-hybridized carbons (Fsp3) is 0.278. The van der Waals surface area contributed by atoms with E-state index < -0.39 is 10.8 Å². The highest BCUT2D eigenvalue weighted by Gasteiger charge is 2.31. The zero-order chi connectivity index (χ0) is 16.4. The molecule has 0 N–H and O–H groups in total. The molecule has 1 aromatic carbocycles. The fourth-order valence-corrected chi connectivity index (χ4v) is 4.24. The van der Waals surface area contributed by atoms with Crippen molar-refractivity contribution >= 4 is 17.1 Å². The normalized spacial score (nSPS) is 18.4. The summed E-state index contributed by atoms with van der Waals surface area (Å²) in [6, 6.07) is 5.80. The van der Waals surface area contributed by atoms with Crippen LogP contribution >= 0.6 is 0 Å². The van der Waals surface area contributed by atoms with Gasteiger partial charge in [0.1, 0.15) is 0 Å². The minimum absolute atomic E-state index is 0.00302. The van der Waals surface area contributed by atoms with Crippen LogP contribution in [0.3, 0.4) is 0 Å². The topological polar surface area (TPSA) is 59.9 Å². The second-order valence-electron chi connectivity index (χ2n) is 6.10. The van der Waals surface area contributed by atoms with Crippen LogP contribution in [0.15, 0.2) is 35.5 Å². The molecule has 0 amide bonds. The third-order valence-corrected chi connectivity index (χ3v) is 5.41. The number of aldehydes is 1. The van der Waals surface area contributed by atoms with Crippen LogP contribution in [0.1, 0.15) is 47.6 Å². The van der Waals surface area contributed by atoms with Gasteiger partial charge in [0.2, 0.25) is 5.82 Å². The summed E-state index contributed by atoms with van der Waals surface area (Å²) in [7, 11) is -0.920. The Hall–Kier alpha value is -2.32. The van der Waals surface area contributed by atoms with Gasteiger partial charge in [-0.3, -0.25) is 9.00 Å². The van der Waals surface area contributed by atoms with Gasteiger partial charge in [-0.15, -0.1) is 0 Å². The number of rotatable bonds is 1. The average Bonchev–Trinajstić information content (AvgIpc) is 2.57. The van der Waals surface area contributed by atoms with Crippen molar-refractivity contribution in [3.8, 4) is 11.8 Å². The molecule has 0 saturated carbocycles. The van der Waals surface area contributed by atoms with Crippen LogP contribution in [0.4, 0.5) is 0 Å². The Kier molecular flexibility index (Phi) is 4.10. The van der Waals surface area contributed by atoms with Crippen molar-refractivity contribution in [2.45, 2.75) is 30.6 Å².